The first-order valence-corrected chi connectivity index (χ1v) is 9.11. The molecule has 1 aliphatic rings. The summed E-state index contributed by atoms with van der Waals surface area (Å²) >= 11 is 1.38. The van der Waals surface area contributed by atoms with Gasteiger partial charge in [0.1, 0.15) is 11.5 Å². The molecule has 1 fully saturated rings. The summed E-state index contributed by atoms with van der Waals surface area (Å²) in [7, 11) is 3.19. The molecule has 3 aromatic rings. The predicted octanol–water partition coefficient (Wildman–Crippen LogP) is 3.87. The Morgan fingerprint density at radius 1 is 1.12 bits per heavy atom. The molecular weight excluding hydrogens is 356 g/mol. The van der Waals surface area contributed by atoms with Crippen molar-refractivity contribution in [3.05, 3.63) is 29.9 Å². The van der Waals surface area contributed by atoms with Gasteiger partial charge < -0.3 is 18.4 Å². The van der Waals surface area contributed by atoms with Crippen molar-refractivity contribution in [1.82, 2.24) is 20.3 Å². The smallest absolute Gasteiger partial charge is 0.277 e. The minimum atomic E-state index is -0.0804. The number of nitrogens with zero attached hydrogens (tertiary/aromatic N) is 4. The molecular formula is C17H18N4O4S. The summed E-state index contributed by atoms with van der Waals surface area (Å²) in [6.45, 7) is 1.97. The quantitative estimate of drug-likeness (QED) is 0.571. The van der Waals surface area contributed by atoms with Crippen LogP contribution in [0.4, 0.5) is 0 Å². The Balaban J connectivity index is 1.50. The molecule has 4 rings (SSSR count). The molecule has 0 saturated heterocycles. The molecule has 1 aromatic carbocycles. The molecule has 0 aliphatic heterocycles. The van der Waals surface area contributed by atoms with Crippen molar-refractivity contribution in [1.29, 1.82) is 0 Å². The Kier molecular flexibility index (Phi) is 4.54. The average Bonchev–Trinajstić information content (AvgIpc) is 3.20. The Morgan fingerprint density at radius 2 is 1.85 bits per heavy atom. The second-order valence-electron chi connectivity index (χ2n) is 6.00. The van der Waals surface area contributed by atoms with Crippen LogP contribution in [-0.2, 0) is 0 Å². The molecule has 1 saturated carbocycles. The first kappa shape index (κ1) is 16.9. The molecule has 1 aliphatic carbocycles. The highest BCUT2D eigenvalue weighted by Crippen LogP contribution is 2.40. The van der Waals surface area contributed by atoms with Gasteiger partial charge in [0.2, 0.25) is 11.8 Å². The van der Waals surface area contributed by atoms with Gasteiger partial charge in [0.15, 0.2) is 5.82 Å². The zero-order chi connectivity index (χ0) is 18.1. The number of benzene rings is 1. The molecule has 2 heterocycles. The maximum atomic E-state index is 5.77. The van der Waals surface area contributed by atoms with Crippen molar-refractivity contribution in [2.24, 2.45) is 0 Å². The van der Waals surface area contributed by atoms with Gasteiger partial charge in [-0.1, -0.05) is 16.9 Å². The third-order valence-corrected chi connectivity index (χ3v) is 4.95. The summed E-state index contributed by atoms with van der Waals surface area (Å²) in [5.41, 5.74) is 0.724. The van der Waals surface area contributed by atoms with Gasteiger partial charge in [-0.25, -0.2) is 0 Å². The Labute approximate surface area is 154 Å². The van der Waals surface area contributed by atoms with E-state index in [2.05, 4.69) is 20.3 Å². The molecule has 136 valence electrons. The maximum absolute atomic E-state index is 5.77. The molecule has 2 aromatic heterocycles. The summed E-state index contributed by atoms with van der Waals surface area (Å²) in [5.74, 6) is 3.52. The second-order valence-corrected chi connectivity index (χ2v) is 7.29. The van der Waals surface area contributed by atoms with E-state index in [-0.39, 0.29) is 5.25 Å². The van der Waals surface area contributed by atoms with E-state index in [1.807, 2.05) is 19.1 Å². The highest BCUT2D eigenvalue weighted by atomic mass is 32.2. The van der Waals surface area contributed by atoms with E-state index in [4.69, 9.17) is 18.4 Å². The largest absolute Gasteiger partial charge is 0.497 e. The summed E-state index contributed by atoms with van der Waals surface area (Å²) in [5, 5.41) is 12.6. The number of hydrogen-bond donors (Lipinski definition) is 0. The number of ether oxygens (including phenoxy) is 2. The first-order chi connectivity index (χ1) is 12.7. The predicted molar refractivity (Wildman–Crippen MR) is 93.4 cm³/mol. The van der Waals surface area contributed by atoms with E-state index in [0.717, 1.165) is 24.2 Å². The van der Waals surface area contributed by atoms with E-state index >= 15 is 0 Å². The fourth-order valence-electron chi connectivity index (χ4n) is 2.43. The molecule has 1 atom stereocenters. The third-order valence-electron chi connectivity index (χ3n) is 4.03. The van der Waals surface area contributed by atoms with Gasteiger partial charge >= 0.3 is 0 Å². The number of rotatable bonds is 7. The summed E-state index contributed by atoms with van der Waals surface area (Å²) in [6.07, 6.45) is 2.27. The molecule has 0 radical (unpaired) electrons. The number of hydrogen-bond acceptors (Lipinski definition) is 9. The lowest BCUT2D eigenvalue weighted by molar-refractivity contribution is 0.374. The van der Waals surface area contributed by atoms with Crippen molar-refractivity contribution in [3.8, 4) is 23.0 Å². The molecule has 26 heavy (non-hydrogen) atoms. The Morgan fingerprint density at radius 3 is 2.50 bits per heavy atom. The molecule has 0 N–H and O–H groups in total. The fraction of sp³-hybridized carbons (Fsp3) is 0.412. The molecule has 0 amide bonds. The van der Waals surface area contributed by atoms with E-state index < -0.39 is 0 Å². The van der Waals surface area contributed by atoms with Gasteiger partial charge in [0, 0.05) is 17.5 Å². The highest BCUT2D eigenvalue weighted by Gasteiger charge is 2.30. The van der Waals surface area contributed by atoms with Crippen LogP contribution in [0.1, 0.15) is 42.6 Å². The molecule has 0 bridgehead atoms. The summed E-state index contributed by atoms with van der Waals surface area (Å²) in [6, 6.07) is 5.41. The van der Waals surface area contributed by atoms with E-state index in [1.165, 1.54) is 11.8 Å². The molecule has 8 nitrogen and oxygen atoms in total. The average molecular weight is 374 g/mol. The van der Waals surface area contributed by atoms with Gasteiger partial charge in [-0.3, -0.25) is 0 Å². The number of aromatic nitrogens is 4. The standard InChI is InChI=1S/C17H18N4O4S/c1-9(15-18-14(21-25-15)10-4-5-10)26-17-20-19-16(24-17)11-6-12(22-2)8-13(7-11)23-3/h6-10H,4-5H2,1-3H3. The van der Waals surface area contributed by atoms with Crippen molar-refractivity contribution >= 4 is 11.8 Å². The minimum absolute atomic E-state index is 0.0804. The van der Waals surface area contributed by atoms with Crippen molar-refractivity contribution < 1.29 is 18.4 Å². The van der Waals surface area contributed by atoms with E-state index in [1.54, 1.807) is 20.3 Å². The van der Waals surface area contributed by atoms with Gasteiger partial charge in [-0.15, -0.1) is 10.2 Å². The number of methoxy groups -OCH3 is 2. The zero-order valence-electron chi connectivity index (χ0n) is 14.6. The normalized spacial score (nSPS) is 15.0. The highest BCUT2D eigenvalue weighted by molar-refractivity contribution is 7.99. The van der Waals surface area contributed by atoms with Crippen molar-refractivity contribution in [2.75, 3.05) is 14.2 Å². The van der Waals surface area contributed by atoms with E-state index in [9.17, 15) is 0 Å². The summed E-state index contributed by atoms with van der Waals surface area (Å²) in [4.78, 5) is 4.46. The van der Waals surface area contributed by atoms with Gasteiger partial charge in [0.05, 0.1) is 19.5 Å². The monoisotopic (exact) mass is 374 g/mol. The SMILES string of the molecule is COc1cc(OC)cc(-c2nnc(SC(C)c3nc(C4CC4)no3)o2)c1. The van der Waals surface area contributed by atoms with Crippen LogP contribution in [0.15, 0.2) is 32.4 Å². The van der Waals surface area contributed by atoms with E-state index in [0.29, 0.717) is 34.4 Å². The zero-order valence-corrected chi connectivity index (χ0v) is 15.4. The molecule has 9 heteroatoms. The van der Waals surface area contributed by atoms with Crippen LogP contribution in [0.5, 0.6) is 11.5 Å². The van der Waals surface area contributed by atoms with Crippen LogP contribution in [0.25, 0.3) is 11.5 Å². The van der Waals surface area contributed by atoms with Crippen molar-refractivity contribution in [3.63, 3.8) is 0 Å². The number of thioether (sulfide) groups is 1. The van der Waals surface area contributed by atoms with Crippen LogP contribution in [0.2, 0.25) is 0 Å². The minimum Gasteiger partial charge on any atom is -0.497 e. The first-order valence-electron chi connectivity index (χ1n) is 8.23. The lowest BCUT2D eigenvalue weighted by atomic mass is 10.2. The van der Waals surface area contributed by atoms with Crippen LogP contribution in [-0.4, -0.2) is 34.6 Å². The fourth-order valence-corrected chi connectivity index (χ4v) is 3.14. The lowest BCUT2D eigenvalue weighted by Crippen LogP contribution is -1.90. The van der Waals surface area contributed by atoms with Gasteiger partial charge in [-0.2, -0.15) is 4.98 Å². The lowest BCUT2D eigenvalue weighted by Gasteiger charge is -2.05. The Hall–Kier alpha value is -2.55. The van der Waals surface area contributed by atoms with Crippen LogP contribution >= 0.6 is 11.8 Å². The van der Waals surface area contributed by atoms with Gasteiger partial charge in [-0.05, 0) is 31.9 Å². The third kappa shape index (κ3) is 3.52. The summed E-state index contributed by atoms with van der Waals surface area (Å²) < 4.78 is 21.7. The Bertz CT molecular complexity index is 884. The maximum Gasteiger partial charge on any atom is 0.277 e. The van der Waals surface area contributed by atoms with Gasteiger partial charge in [0.25, 0.3) is 5.22 Å². The molecule has 1 unspecified atom stereocenters. The van der Waals surface area contributed by atoms with Crippen LogP contribution in [0.3, 0.4) is 0 Å². The molecule has 0 spiro atoms. The second kappa shape index (κ2) is 6.99. The van der Waals surface area contributed by atoms with Crippen LogP contribution < -0.4 is 9.47 Å². The van der Waals surface area contributed by atoms with Crippen molar-refractivity contribution in [2.45, 2.75) is 36.2 Å². The van der Waals surface area contributed by atoms with Crippen LogP contribution in [0, 0.1) is 0 Å². The topological polar surface area (TPSA) is 96.3 Å².